The lowest BCUT2D eigenvalue weighted by molar-refractivity contribution is -0.128. The van der Waals surface area contributed by atoms with Crippen molar-refractivity contribution < 1.29 is 18.7 Å². The normalized spacial score (nSPS) is 16.8. The van der Waals surface area contributed by atoms with Gasteiger partial charge in [0.25, 0.3) is 0 Å². The van der Waals surface area contributed by atoms with E-state index in [1.807, 2.05) is 0 Å². The number of hydrogen-bond donors (Lipinski definition) is 2. The predicted octanol–water partition coefficient (Wildman–Crippen LogP) is -0.740. The smallest absolute Gasteiger partial charge is 0.338 e. The van der Waals surface area contributed by atoms with Crippen LogP contribution in [-0.2, 0) is 14.6 Å². The fourth-order valence-electron chi connectivity index (χ4n) is 0.187. The molecule has 0 amide bonds. The van der Waals surface area contributed by atoms with Crippen LogP contribution in [0.5, 0.6) is 0 Å². The van der Waals surface area contributed by atoms with Crippen LogP contribution < -0.4 is 0 Å². The minimum atomic E-state index is -3.20. The largest absolute Gasteiger partial charge is 0.478 e. The number of aliphatic carboxylic acids is 1. The summed E-state index contributed by atoms with van der Waals surface area (Å²) in [5, 5.41) is 8.21. The van der Waals surface area contributed by atoms with Gasteiger partial charge in [0, 0.05) is 6.26 Å². The zero-order valence-electron chi connectivity index (χ0n) is 4.20. The molecule has 1 unspecified atom stereocenters. The summed E-state index contributed by atoms with van der Waals surface area (Å²) in [5.41, 5.74) is 0. The summed E-state index contributed by atoms with van der Waals surface area (Å²) >= 11 is 0. The van der Waals surface area contributed by atoms with E-state index in [-0.39, 0.29) is 0 Å². The van der Waals surface area contributed by atoms with Crippen molar-refractivity contribution in [2.75, 3.05) is 6.26 Å². The lowest BCUT2D eigenvalue weighted by Crippen LogP contribution is -2.06. The molecular formula is C3H6O4S. The van der Waals surface area contributed by atoms with Gasteiger partial charge in [-0.2, -0.15) is 0 Å². The standard InChI is InChI=1S/C3H6O4S/c1-8(6,7)2-3(4)5/h2H,1H3,(H,4,5)(H,6,7). The molecule has 8 heavy (non-hydrogen) atoms. The van der Waals surface area contributed by atoms with Gasteiger partial charge in [-0.25, -0.2) is 9.00 Å². The predicted molar refractivity (Wildman–Crippen MR) is 30.4 cm³/mol. The Kier molecular flexibility index (Phi) is 2.00. The van der Waals surface area contributed by atoms with Gasteiger partial charge in [-0.1, -0.05) is 0 Å². The van der Waals surface area contributed by atoms with Crippen LogP contribution in [0, 0.1) is 0 Å². The van der Waals surface area contributed by atoms with Gasteiger partial charge in [0.2, 0.25) is 0 Å². The van der Waals surface area contributed by atoms with E-state index in [0.29, 0.717) is 5.37 Å². The van der Waals surface area contributed by atoms with E-state index in [9.17, 15) is 9.00 Å². The second kappa shape index (κ2) is 2.15. The zero-order chi connectivity index (χ0) is 6.78. The summed E-state index contributed by atoms with van der Waals surface area (Å²) < 4.78 is 18.4. The first-order valence-corrected chi connectivity index (χ1v) is 3.70. The van der Waals surface area contributed by atoms with E-state index in [0.717, 1.165) is 6.26 Å². The van der Waals surface area contributed by atoms with Crippen LogP contribution in [0.4, 0.5) is 0 Å². The number of carboxylic acids is 1. The molecule has 5 heteroatoms. The third-order valence-electron chi connectivity index (χ3n) is 0.319. The Morgan fingerprint density at radius 2 is 2.12 bits per heavy atom. The monoisotopic (exact) mass is 138 g/mol. The van der Waals surface area contributed by atoms with Gasteiger partial charge < -0.3 is 9.66 Å². The van der Waals surface area contributed by atoms with E-state index < -0.39 is 15.8 Å². The molecule has 0 saturated heterocycles. The van der Waals surface area contributed by atoms with Crippen molar-refractivity contribution >= 4 is 21.1 Å². The molecule has 0 aromatic rings. The van der Waals surface area contributed by atoms with Crippen LogP contribution in [0.15, 0.2) is 0 Å². The minimum absolute atomic E-state index is 0.354. The molecule has 0 radical (unpaired) electrons. The summed E-state index contributed by atoms with van der Waals surface area (Å²) in [6, 6.07) is 0. The summed E-state index contributed by atoms with van der Waals surface area (Å²) in [5.74, 6) is -1.37. The molecule has 0 bridgehead atoms. The van der Waals surface area contributed by atoms with Gasteiger partial charge in [0.05, 0.1) is 9.80 Å². The van der Waals surface area contributed by atoms with Crippen LogP contribution in [0.1, 0.15) is 0 Å². The highest BCUT2D eigenvalue weighted by atomic mass is 32.2. The molecule has 0 aliphatic rings. The molecule has 0 rings (SSSR count). The van der Waals surface area contributed by atoms with Gasteiger partial charge in [0.1, 0.15) is 5.37 Å². The summed E-state index contributed by atoms with van der Waals surface area (Å²) in [6.07, 6.45) is 0.932. The van der Waals surface area contributed by atoms with Crippen LogP contribution in [-0.4, -0.2) is 31.5 Å². The Morgan fingerprint density at radius 3 is 2.12 bits per heavy atom. The van der Waals surface area contributed by atoms with Crippen molar-refractivity contribution in [2.24, 2.45) is 0 Å². The molecule has 4 nitrogen and oxygen atoms in total. The quantitative estimate of drug-likeness (QED) is 0.468. The van der Waals surface area contributed by atoms with Crippen LogP contribution in [0.25, 0.3) is 0 Å². The molecule has 0 aliphatic carbocycles. The number of carbonyl (C=O) groups is 1. The molecule has 0 aromatic carbocycles. The van der Waals surface area contributed by atoms with Crippen molar-refractivity contribution in [1.82, 2.24) is 0 Å². The third-order valence-corrected chi connectivity index (χ3v) is 0.958. The summed E-state index contributed by atoms with van der Waals surface area (Å²) in [6.45, 7) is 0. The minimum Gasteiger partial charge on any atom is -0.478 e. The second-order valence-corrected chi connectivity index (χ2v) is 3.28. The molecular weight excluding hydrogens is 132 g/mol. The average molecular weight is 138 g/mol. The first kappa shape index (κ1) is 7.45. The average Bonchev–Trinajstić information content (AvgIpc) is 1.21. The van der Waals surface area contributed by atoms with E-state index in [1.54, 1.807) is 0 Å². The maximum Gasteiger partial charge on any atom is 0.338 e. The first-order valence-electron chi connectivity index (χ1n) is 1.71. The third kappa shape index (κ3) is 5.45. The molecule has 0 heterocycles. The maximum absolute atomic E-state index is 10.1. The lowest BCUT2D eigenvalue weighted by Gasteiger charge is -1.86. The molecule has 48 valence electrons. The Morgan fingerprint density at radius 1 is 1.75 bits per heavy atom. The van der Waals surface area contributed by atoms with Crippen molar-refractivity contribution in [3.63, 3.8) is 0 Å². The summed E-state index contributed by atoms with van der Waals surface area (Å²) in [4.78, 5) is 9.62. The van der Waals surface area contributed by atoms with Gasteiger partial charge in [-0.15, -0.1) is 0 Å². The molecule has 2 N–H and O–H groups in total. The highest BCUT2D eigenvalue weighted by molar-refractivity contribution is 7.96. The molecule has 0 saturated carbocycles. The number of carboxylic acid groups (broad SMARTS) is 1. The van der Waals surface area contributed by atoms with E-state index in [2.05, 4.69) is 0 Å². The molecule has 0 fully saturated rings. The van der Waals surface area contributed by atoms with Gasteiger partial charge in [-0.05, 0) is 0 Å². The second-order valence-electron chi connectivity index (χ2n) is 1.32. The Labute approximate surface area is 47.0 Å². The number of hydrogen-bond acceptors (Lipinski definition) is 2. The molecule has 1 atom stereocenters. The topological polar surface area (TPSA) is 74.6 Å². The van der Waals surface area contributed by atoms with Crippen molar-refractivity contribution in [3.05, 3.63) is 0 Å². The maximum atomic E-state index is 10.1. The van der Waals surface area contributed by atoms with E-state index in [4.69, 9.17) is 9.66 Å². The molecule has 0 spiro atoms. The highest BCUT2D eigenvalue weighted by Crippen LogP contribution is 1.71. The van der Waals surface area contributed by atoms with E-state index >= 15 is 0 Å². The SMILES string of the molecule is CS(=O)(O)=CC(=O)O. The van der Waals surface area contributed by atoms with Crippen molar-refractivity contribution in [3.8, 4) is 0 Å². The van der Waals surface area contributed by atoms with Crippen molar-refractivity contribution in [2.45, 2.75) is 0 Å². The Balaban J connectivity index is 4.44. The zero-order valence-corrected chi connectivity index (χ0v) is 5.01. The van der Waals surface area contributed by atoms with Crippen LogP contribution >= 0.6 is 0 Å². The van der Waals surface area contributed by atoms with Crippen LogP contribution in [0.3, 0.4) is 0 Å². The van der Waals surface area contributed by atoms with Crippen molar-refractivity contribution in [1.29, 1.82) is 0 Å². The number of rotatable bonds is 1. The van der Waals surface area contributed by atoms with Gasteiger partial charge in [-0.3, -0.25) is 0 Å². The molecule has 0 aliphatic heterocycles. The van der Waals surface area contributed by atoms with Crippen LogP contribution in [0.2, 0.25) is 0 Å². The Bertz CT molecular complexity index is 189. The fraction of sp³-hybridized carbons (Fsp3) is 0.333. The highest BCUT2D eigenvalue weighted by Gasteiger charge is 1.93. The lowest BCUT2D eigenvalue weighted by atomic mass is 10.8. The first-order chi connectivity index (χ1) is 3.42. The van der Waals surface area contributed by atoms with Gasteiger partial charge in [0.15, 0.2) is 0 Å². The fourth-order valence-corrected chi connectivity index (χ4v) is 0.561. The molecule has 0 aromatic heterocycles. The van der Waals surface area contributed by atoms with E-state index in [1.165, 1.54) is 0 Å². The summed E-state index contributed by atoms with van der Waals surface area (Å²) in [7, 11) is -3.20. The van der Waals surface area contributed by atoms with Gasteiger partial charge >= 0.3 is 5.97 Å². The Hall–Kier alpha value is -0.550.